The van der Waals surface area contributed by atoms with E-state index in [1.54, 1.807) is 16.8 Å². The Labute approximate surface area is 143 Å². The maximum absolute atomic E-state index is 6.13. The first-order chi connectivity index (χ1) is 11.8. The van der Waals surface area contributed by atoms with Gasteiger partial charge in [0.05, 0.1) is 11.3 Å². The van der Waals surface area contributed by atoms with E-state index >= 15 is 0 Å². The van der Waals surface area contributed by atoms with E-state index in [0.717, 1.165) is 43.9 Å². The summed E-state index contributed by atoms with van der Waals surface area (Å²) >= 11 is 6.13. The van der Waals surface area contributed by atoms with Gasteiger partial charge in [0.1, 0.15) is 6.33 Å². The molecule has 1 aliphatic heterocycles. The number of piperidine rings is 1. The van der Waals surface area contributed by atoms with Gasteiger partial charge in [-0.3, -0.25) is 0 Å². The largest absolute Gasteiger partial charge is 0.334 e. The van der Waals surface area contributed by atoms with Gasteiger partial charge in [-0.1, -0.05) is 16.8 Å². The molecule has 0 atom stereocenters. The van der Waals surface area contributed by atoms with E-state index < -0.39 is 0 Å². The zero-order valence-corrected chi connectivity index (χ0v) is 13.6. The summed E-state index contributed by atoms with van der Waals surface area (Å²) in [6.07, 6.45) is 4.61. The van der Waals surface area contributed by atoms with Gasteiger partial charge < -0.3 is 9.84 Å². The molecule has 1 saturated heterocycles. The first-order valence-corrected chi connectivity index (χ1v) is 8.24. The van der Waals surface area contributed by atoms with E-state index in [0.29, 0.717) is 22.4 Å². The lowest BCUT2D eigenvalue weighted by atomic mass is 9.94. The summed E-state index contributed by atoms with van der Waals surface area (Å²) in [4.78, 5) is 4.55. The number of halogens is 1. The molecule has 0 unspecified atom stereocenters. The van der Waals surface area contributed by atoms with Gasteiger partial charge >= 0.3 is 0 Å². The van der Waals surface area contributed by atoms with E-state index in [1.165, 1.54) is 6.33 Å². The molecule has 1 aromatic carbocycles. The second-order valence-corrected chi connectivity index (χ2v) is 6.27. The summed E-state index contributed by atoms with van der Waals surface area (Å²) < 4.78 is 7.01. The standard InChI is InChI=1S/C15H16ClN7O/c16-11-1-2-13(23-9-18-21-22-23)12(8-11)15-19-14(20-24-15)7-10-3-5-17-6-4-10/h1-2,8-10,17H,3-7H2. The van der Waals surface area contributed by atoms with Crippen molar-refractivity contribution >= 4 is 11.6 Å². The molecule has 0 radical (unpaired) electrons. The Hall–Kier alpha value is -2.32. The van der Waals surface area contributed by atoms with Crippen LogP contribution in [0.25, 0.3) is 17.1 Å². The van der Waals surface area contributed by atoms with Crippen LogP contribution in [-0.2, 0) is 6.42 Å². The van der Waals surface area contributed by atoms with E-state index in [1.807, 2.05) is 6.07 Å². The fourth-order valence-electron chi connectivity index (χ4n) is 2.94. The van der Waals surface area contributed by atoms with Gasteiger partial charge in [0.15, 0.2) is 5.82 Å². The second kappa shape index (κ2) is 6.66. The van der Waals surface area contributed by atoms with E-state index in [2.05, 4.69) is 31.0 Å². The molecule has 0 spiro atoms. The zero-order chi connectivity index (χ0) is 16.4. The number of aromatic nitrogens is 6. The smallest absolute Gasteiger partial charge is 0.260 e. The van der Waals surface area contributed by atoms with Crippen molar-refractivity contribution in [2.24, 2.45) is 5.92 Å². The third-order valence-electron chi connectivity index (χ3n) is 4.18. The minimum absolute atomic E-state index is 0.423. The lowest BCUT2D eigenvalue weighted by molar-refractivity contribution is 0.356. The average molecular weight is 346 g/mol. The molecule has 0 bridgehead atoms. The minimum Gasteiger partial charge on any atom is -0.334 e. The van der Waals surface area contributed by atoms with Gasteiger partial charge in [0, 0.05) is 11.4 Å². The number of nitrogens with one attached hydrogen (secondary N) is 1. The van der Waals surface area contributed by atoms with Crippen LogP contribution >= 0.6 is 11.6 Å². The number of nitrogens with zero attached hydrogens (tertiary/aromatic N) is 6. The fourth-order valence-corrected chi connectivity index (χ4v) is 3.11. The molecule has 3 aromatic rings. The van der Waals surface area contributed by atoms with Gasteiger partial charge in [0.25, 0.3) is 5.89 Å². The quantitative estimate of drug-likeness (QED) is 0.771. The number of hydrogen-bond acceptors (Lipinski definition) is 7. The molecule has 24 heavy (non-hydrogen) atoms. The van der Waals surface area contributed by atoms with Crippen LogP contribution in [0.15, 0.2) is 29.0 Å². The Morgan fingerprint density at radius 3 is 2.96 bits per heavy atom. The zero-order valence-electron chi connectivity index (χ0n) is 12.9. The highest BCUT2D eigenvalue weighted by Gasteiger charge is 2.19. The first-order valence-electron chi connectivity index (χ1n) is 7.86. The highest BCUT2D eigenvalue weighted by Crippen LogP contribution is 2.28. The lowest BCUT2D eigenvalue weighted by Gasteiger charge is -2.20. The normalized spacial score (nSPS) is 15.7. The summed E-state index contributed by atoms with van der Waals surface area (Å²) in [5.41, 5.74) is 1.44. The Morgan fingerprint density at radius 1 is 1.29 bits per heavy atom. The predicted octanol–water partition coefficient (Wildman–Crippen LogP) is 1.91. The predicted molar refractivity (Wildman–Crippen MR) is 86.8 cm³/mol. The van der Waals surface area contributed by atoms with Crippen LogP contribution in [0.3, 0.4) is 0 Å². The molecule has 1 fully saturated rings. The van der Waals surface area contributed by atoms with Gasteiger partial charge in [-0.25, -0.2) is 0 Å². The molecule has 2 aromatic heterocycles. The third kappa shape index (κ3) is 3.15. The van der Waals surface area contributed by atoms with Gasteiger partial charge in [-0.15, -0.1) is 5.10 Å². The van der Waals surface area contributed by atoms with Crippen LogP contribution in [-0.4, -0.2) is 43.4 Å². The van der Waals surface area contributed by atoms with Crippen molar-refractivity contribution in [3.8, 4) is 17.1 Å². The van der Waals surface area contributed by atoms with E-state index in [9.17, 15) is 0 Å². The molecule has 8 nitrogen and oxygen atoms in total. The summed E-state index contributed by atoms with van der Waals surface area (Å²) in [7, 11) is 0. The van der Waals surface area contributed by atoms with Gasteiger partial charge in [-0.05, 0) is 60.5 Å². The van der Waals surface area contributed by atoms with Crippen molar-refractivity contribution in [3.63, 3.8) is 0 Å². The van der Waals surface area contributed by atoms with Crippen molar-refractivity contribution in [2.75, 3.05) is 13.1 Å². The van der Waals surface area contributed by atoms with Crippen molar-refractivity contribution < 1.29 is 4.52 Å². The van der Waals surface area contributed by atoms with Crippen molar-refractivity contribution in [3.05, 3.63) is 35.4 Å². The maximum Gasteiger partial charge on any atom is 0.260 e. The van der Waals surface area contributed by atoms with Crippen LogP contribution in [0, 0.1) is 5.92 Å². The second-order valence-electron chi connectivity index (χ2n) is 5.83. The molecule has 4 rings (SSSR count). The van der Waals surface area contributed by atoms with Crippen molar-refractivity contribution in [2.45, 2.75) is 19.3 Å². The van der Waals surface area contributed by atoms with Crippen LogP contribution in [0.1, 0.15) is 18.7 Å². The number of tetrazole rings is 1. The molecular formula is C15H16ClN7O. The maximum atomic E-state index is 6.13. The van der Waals surface area contributed by atoms with Crippen LogP contribution in [0.4, 0.5) is 0 Å². The molecular weight excluding hydrogens is 330 g/mol. The topological polar surface area (TPSA) is 94.5 Å². The number of hydrogen-bond donors (Lipinski definition) is 1. The summed E-state index contributed by atoms with van der Waals surface area (Å²) in [6.45, 7) is 2.10. The van der Waals surface area contributed by atoms with Crippen LogP contribution in [0.5, 0.6) is 0 Å². The number of benzene rings is 1. The minimum atomic E-state index is 0.423. The van der Waals surface area contributed by atoms with Gasteiger partial charge in [0.2, 0.25) is 0 Å². The molecule has 0 aliphatic carbocycles. The van der Waals surface area contributed by atoms with E-state index in [-0.39, 0.29) is 0 Å². The molecule has 3 heterocycles. The number of rotatable bonds is 4. The summed E-state index contributed by atoms with van der Waals surface area (Å²) in [5, 5.41) is 19.3. The molecule has 1 N–H and O–H groups in total. The Bertz CT molecular complexity index is 811. The monoisotopic (exact) mass is 345 g/mol. The van der Waals surface area contributed by atoms with Crippen molar-refractivity contribution in [1.29, 1.82) is 0 Å². The Balaban J connectivity index is 1.63. The molecule has 124 valence electrons. The first kappa shape index (κ1) is 15.2. The SMILES string of the molecule is Clc1ccc(-n2cnnn2)c(-c2nc(CC3CCNCC3)no2)c1. The highest BCUT2D eigenvalue weighted by atomic mass is 35.5. The molecule has 1 aliphatic rings. The summed E-state index contributed by atoms with van der Waals surface area (Å²) in [5.74, 6) is 1.74. The molecule has 9 heteroatoms. The summed E-state index contributed by atoms with van der Waals surface area (Å²) in [6, 6.07) is 5.37. The van der Waals surface area contributed by atoms with Crippen molar-refractivity contribution in [1.82, 2.24) is 35.7 Å². The lowest BCUT2D eigenvalue weighted by Crippen LogP contribution is -2.28. The fraction of sp³-hybridized carbons (Fsp3) is 0.400. The molecule has 0 saturated carbocycles. The average Bonchev–Trinajstić information content (AvgIpc) is 3.27. The van der Waals surface area contributed by atoms with Crippen LogP contribution in [0.2, 0.25) is 5.02 Å². The van der Waals surface area contributed by atoms with Gasteiger partial charge in [-0.2, -0.15) is 9.67 Å². The van der Waals surface area contributed by atoms with E-state index in [4.69, 9.17) is 16.1 Å². The Kier molecular flexibility index (Phi) is 4.22. The third-order valence-corrected chi connectivity index (χ3v) is 4.42. The molecule has 0 amide bonds. The van der Waals surface area contributed by atoms with Crippen LogP contribution < -0.4 is 5.32 Å². The highest BCUT2D eigenvalue weighted by molar-refractivity contribution is 6.31. The Morgan fingerprint density at radius 2 is 2.17 bits per heavy atom.